The van der Waals surface area contributed by atoms with E-state index in [9.17, 15) is 10.1 Å². The average molecular weight is 577 g/mol. The molecule has 1 amide bonds. The molecule has 0 N–H and O–H groups in total. The predicted octanol–water partition coefficient (Wildman–Crippen LogP) is 4.82. The summed E-state index contributed by atoms with van der Waals surface area (Å²) in [5.74, 6) is 0.441. The molecule has 4 aliphatic heterocycles. The average Bonchev–Trinajstić information content (AvgIpc) is 3.55. The Bertz CT molecular complexity index is 1610. The van der Waals surface area contributed by atoms with E-state index in [1.54, 1.807) is 0 Å². The van der Waals surface area contributed by atoms with Crippen molar-refractivity contribution in [1.82, 2.24) is 14.8 Å². The third-order valence-corrected chi connectivity index (χ3v) is 10.1. The molecule has 222 valence electrons. The molecule has 5 heterocycles. The minimum Gasteiger partial charge on any atom is -0.475 e. The first-order chi connectivity index (χ1) is 21.0. The monoisotopic (exact) mass is 576 g/mol. The minimum atomic E-state index is -0.0143. The second-order valence-corrected chi connectivity index (χ2v) is 12.6. The molecule has 0 saturated carbocycles. The predicted molar refractivity (Wildman–Crippen MR) is 170 cm³/mol. The number of rotatable bonds is 6. The number of benzene rings is 2. The molecule has 1 aromatic heterocycles. The Morgan fingerprint density at radius 2 is 1.91 bits per heavy atom. The Morgan fingerprint density at radius 3 is 2.60 bits per heavy atom. The number of hydrogen-bond acceptors (Lipinski definition) is 7. The number of aryl methyl sites for hydroxylation is 1. The van der Waals surface area contributed by atoms with Crippen LogP contribution in [0, 0.1) is 18.3 Å². The number of nitriles is 1. The highest BCUT2D eigenvalue weighted by molar-refractivity contribution is 5.97. The molecule has 3 fully saturated rings. The lowest BCUT2D eigenvalue weighted by molar-refractivity contribution is -0.126. The molecule has 3 atom stereocenters. The van der Waals surface area contributed by atoms with Crippen LogP contribution in [-0.4, -0.2) is 78.7 Å². The van der Waals surface area contributed by atoms with E-state index in [0.29, 0.717) is 43.7 Å². The maximum atomic E-state index is 12.6. The quantitative estimate of drug-likeness (QED) is 0.390. The lowest BCUT2D eigenvalue weighted by Gasteiger charge is -2.44. The van der Waals surface area contributed by atoms with Gasteiger partial charge in [0.1, 0.15) is 18.2 Å². The van der Waals surface area contributed by atoms with Gasteiger partial charge in [-0.25, -0.2) is 4.98 Å². The second-order valence-electron chi connectivity index (χ2n) is 12.6. The fourth-order valence-electron chi connectivity index (χ4n) is 7.94. The van der Waals surface area contributed by atoms with Crippen LogP contribution in [0.3, 0.4) is 0 Å². The zero-order valence-electron chi connectivity index (χ0n) is 25.3. The lowest BCUT2D eigenvalue weighted by atomic mass is 9.95. The number of aromatic nitrogens is 1. The molecule has 8 nitrogen and oxygen atoms in total. The summed E-state index contributed by atoms with van der Waals surface area (Å²) >= 11 is 0. The summed E-state index contributed by atoms with van der Waals surface area (Å²) in [5.41, 5.74) is 6.19. The standard InChI is InChI=1S/C35H40N6O2/c1-4-32(42)40-19-25-13-14-26(20-40)41(25)34-28-15-17-39(31-12-6-10-24-9-5-8-23(2)33(24)31)21-30(28)37-35(29(34)18-36)43-22-27-11-7-16-38(27)3/h4-6,8-10,12,25-27H,1,7,11,13-17,19-22H2,2-3H3/t25-,26+,27-/m0/s1. The number of carbonyl (C=O) groups excluding carboxylic acids is 1. The Balaban J connectivity index is 1.30. The number of piperazine rings is 1. The summed E-state index contributed by atoms with van der Waals surface area (Å²) < 4.78 is 6.48. The molecule has 43 heavy (non-hydrogen) atoms. The zero-order valence-corrected chi connectivity index (χ0v) is 25.3. The van der Waals surface area contributed by atoms with Crippen molar-refractivity contribution < 1.29 is 9.53 Å². The molecule has 2 aromatic carbocycles. The van der Waals surface area contributed by atoms with E-state index in [2.05, 4.69) is 77.7 Å². The number of carbonyl (C=O) groups is 1. The molecule has 0 radical (unpaired) electrons. The van der Waals surface area contributed by atoms with Crippen molar-refractivity contribution in [1.29, 1.82) is 5.26 Å². The van der Waals surface area contributed by atoms with E-state index in [1.807, 2.05) is 4.90 Å². The van der Waals surface area contributed by atoms with Gasteiger partial charge in [0.25, 0.3) is 0 Å². The highest BCUT2D eigenvalue weighted by Gasteiger charge is 2.44. The van der Waals surface area contributed by atoms with Gasteiger partial charge in [-0.2, -0.15) is 5.26 Å². The molecule has 0 unspecified atom stereocenters. The van der Waals surface area contributed by atoms with Crippen LogP contribution >= 0.6 is 0 Å². The van der Waals surface area contributed by atoms with E-state index in [1.165, 1.54) is 28.1 Å². The third kappa shape index (κ3) is 4.80. The molecule has 3 aromatic rings. The van der Waals surface area contributed by atoms with Crippen LogP contribution in [0.1, 0.15) is 48.1 Å². The number of fused-ring (bicyclic) bond motifs is 4. The summed E-state index contributed by atoms with van der Waals surface area (Å²) in [4.78, 5) is 26.8. The van der Waals surface area contributed by atoms with Gasteiger partial charge in [-0.3, -0.25) is 4.79 Å². The highest BCUT2D eigenvalue weighted by Crippen LogP contribution is 2.44. The van der Waals surface area contributed by atoms with Crippen LogP contribution in [-0.2, 0) is 17.8 Å². The fraction of sp³-hybridized carbons (Fsp3) is 0.457. The number of likely N-dealkylation sites (N-methyl/N-ethyl adjacent to an activating group) is 1. The van der Waals surface area contributed by atoms with Crippen LogP contribution in [0.25, 0.3) is 10.8 Å². The van der Waals surface area contributed by atoms with Crippen LogP contribution in [0.15, 0.2) is 49.1 Å². The Labute approximate surface area is 254 Å². The summed E-state index contributed by atoms with van der Waals surface area (Å²) in [6, 6.07) is 16.2. The van der Waals surface area contributed by atoms with E-state index in [0.717, 1.165) is 62.1 Å². The molecular formula is C35H40N6O2. The fourth-order valence-corrected chi connectivity index (χ4v) is 7.94. The third-order valence-electron chi connectivity index (χ3n) is 10.1. The highest BCUT2D eigenvalue weighted by atomic mass is 16.5. The molecule has 4 aliphatic rings. The topological polar surface area (TPSA) is 75.9 Å². The van der Waals surface area contributed by atoms with Crippen molar-refractivity contribution in [2.45, 2.75) is 63.7 Å². The molecule has 7 rings (SSSR count). The smallest absolute Gasteiger partial charge is 0.246 e. The minimum absolute atomic E-state index is 0.0143. The second kappa shape index (κ2) is 11.2. The van der Waals surface area contributed by atoms with Crippen molar-refractivity contribution in [3.8, 4) is 11.9 Å². The van der Waals surface area contributed by atoms with Crippen LogP contribution < -0.4 is 14.5 Å². The van der Waals surface area contributed by atoms with Gasteiger partial charge < -0.3 is 24.3 Å². The van der Waals surface area contributed by atoms with Gasteiger partial charge in [0.2, 0.25) is 11.8 Å². The van der Waals surface area contributed by atoms with Gasteiger partial charge in [0.05, 0.1) is 17.9 Å². The molecule has 3 saturated heterocycles. The van der Waals surface area contributed by atoms with Gasteiger partial charge in [-0.1, -0.05) is 36.9 Å². The zero-order chi connectivity index (χ0) is 29.7. The molecule has 0 aliphatic carbocycles. The Hall–Kier alpha value is -4.09. The number of hydrogen-bond donors (Lipinski definition) is 0. The normalized spacial score (nSPS) is 23.4. The van der Waals surface area contributed by atoms with E-state index < -0.39 is 0 Å². The molecule has 2 bridgehead atoms. The Kier molecular flexibility index (Phi) is 7.22. The van der Waals surface area contributed by atoms with Gasteiger partial charge in [0, 0.05) is 54.4 Å². The summed E-state index contributed by atoms with van der Waals surface area (Å²) in [6.45, 7) is 10.3. The summed E-state index contributed by atoms with van der Waals surface area (Å²) in [6.07, 6.45) is 6.46. The number of pyridine rings is 1. The number of likely N-dealkylation sites (tertiary alicyclic amines) is 2. The van der Waals surface area contributed by atoms with Gasteiger partial charge in [0.15, 0.2) is 0 Å². The van der Waals surface area contributed by atoms with Crippen molar-refractivity contribution >= 4 is 28.1 Å². The van der Waals surface area contributed by atoms with Gasteiger partial charge in [-0.15, -0.1) is 0 Å². The van der Waals surface area contributed by atoms with Crippen molar-refractivity contribution in [2.75, 3.05) is 49.6 Å². The first kappa shape index (κ1) is 27.7. The van der Waals surface area contributed by atoms with E-state index in [-0.39, 0.29) is 18.0 Å². The Morgan fingerprint density at radius 1 is 1.14 bits per heavy atom. The van der Waals surface area contributed by atoms with E-state index in [4.69, 9.17) is 9.72 Å². The van der Waals surface area contributed by atoms with Crippen molar-refractivity contribution in [3.05, 3.63) is 71.4 Å². The molecular weight excluding hydrogens is 536 g/mol. The summed E-state index contributed by atoms with van der Waals surface area (Å²) in [7, 11) is 2.14. The van der Waals surface area contributed by atoms with Gasteiger partial charge in [-0.05, 0) is 75.7 Å². The van der Waals surface area contributed by atoms with E-state index >= 15 is 0 Å². The SMILES string of the molecule is C=CC(=O)N1C[C@H]2CC[C@@H](C1)N2c1c(C#N)c(OC[C@@H]2CCCN2C)nc2c1CCN(c1cccc3cccc(C)c13)C2. The first-order valence-corrected chi connectivity index (χ1v) is 15.7. The number of anilines is 2. The maximum Gasteiger partial charge on any atom is 0.246 e. The van der Waals surface area contributed by atoms with Crippen molar-refractivity contribution in [2.24, 2.45) is 0 Å². The lowest BCUT2D eigenvalue weighted by Crippen LogP contribution is -2.56. The number of ether oxygens (including phenoxy) is 1. The maximum absolute atomic E-state index is 12.6. The van der Waals surface area contributed by atoms with Crippen LogP contribution in [0.5, 0.6) is 5.88 Å². The van der Waals surface area contributed by atoms with Crippen LogP contribution in [0.4, 0.5) is 11.4 Å². The number of amides is 1. The molecule has 8 heteroatoms. The van der Waals surface area contributed by atoms with Gasteiger partial charge >= 0.3 is 0 Å². The molecule has 0 spiro atoms. The van der Waals surface area contributed by atoms with Crippen LogP contribution in [0.2, 0.25) is 0 Å². The van der Waals surface area contributed by atoms with Crippen molar-refractivity contribution in [3.63, 3.8) is 0 Å². The number of nitrogens with zero attached hydrogens (tertiary/aromatic N) is 6. The first-order valence-electron chi connectivity index (χ1n) is 15.7. The largest absolute Gasteiger partial charge is 0.475 e. The summed E-state index contributed by atoms with van der Waals surface area (Å²) in [5, 5.41) is 13.2.